The Hall–Kier alpha value is -1.44. The summed E-state index contributed by atoms with van der Waals surface area (Å²) in [4.78, 5) is 12.2. The van der Waals surface area contributed by atoms with Gasteiger partial charge in [-0.1, -0.05) is 61.8 Å². The van der Waals surface area contributed by atoms with Gasteiger partial charge >= 0.3 is 0 Å². The van der Waals surface area contributed by atoms with Crippen molar-refractivity contribution in [1.29, 1.82) is 0 Å². The fourth-order valence-corrected chi connectivity index (χ4v) is 3.47. The zero-order valence-electron chi connectivity index (χ0n) is 14.5. The molecule has 0 aliphatic rings. The van der Waals surface area contributed by atoms with Crippen molar-refractivity contribution in [2.24, 2.45) is 0 Å². The van der Waals surface area contributed by atoms with Crippen LogP contribution in [0, 0.1) is 0 Å². The van der Waals surface area contributed by atoms with Crippen LogP contribution in [0.5, 0.6) is 0 Å². The lowest BCUT2D eigenvalue weighted by molar-refractivity contribution is -0.119. The van der Waals surface area contributed by atoms with Gasteiger partial charge in [0.1, 0.15) is 0 Å². The summed E-state index contributed by atoms with van der Waals surface area (Å²) in [5, 5.41) is 12.6. The smallest absolute Gasteiger partial charge is 0.230 e. The summed E-state index contributed by atoms with van der Waals surface area (Å²) >= 11 is 13.3. The summed E-state index contributed by atoms with van der Waals surface area (Å²) < 4.78 is 1.43. The highest BCUT2D eigenvalue weighted by atomic mass is 35.5. The third-order valence-electron chi connectivity index (χ3n) is 3.47. The summed E-state index contributed by atoms with van der Waals surface area (Å²) in [5.41, 5.74) is 0.587. The second-order valence-electron chi connectivity index (χ2n) is 6.67. The molecule has 9 heteroatoms. The molecule has 0 saturated carbocycles. The summed E-state index contributed by atoms with van der Waals surface area (Å²) in [6.07, 6.45) is 0. The number of nitrogen functional groups attached to an aromatic ring is 1. The lowest BCUT2D eigenvalue weighted by Gasteiger charge is -2.17. The molecule has 1 amide bonds. The molecule has 0 aliphatic carbocycles. The van der Waals surface area contributed by atoms with Crippen molar-refractivity contribution in [3.8, 4) is 0 Å². The monoisotopic (exact) mass is 401 g/mol. The van der Waals surface area contributed by atoms with E-state index in [0.717, 1.165) is 5.56 Å². The van der Waals surface area contributed by atoms with Crippen molar-refractivity contribution in [1.82, 2.24) is 20.2 Å². The molecule has 0 spiro atoms. The van der Waals surface area contributed by atoms with Gasteiger partial charge in [-0.15, -0.1) is 10.2 Å². The van der Waals surface area contributed by atoms with Gasteiger partial charge in [0.05, 0.1) is 11.8 Å². The number of nitrogens with two attached hydrogens (primary N) is 1. The van der Waals surface area contributed by atoms with Crippen molar-refractivity contribution in [3.05, 3.63) is 39.6 Å². The predicted octanol–water partition coefficient (Wildman–Crippen LogP) is 3.57. The molecule has 0 radical (unpaired) electrons. The van der Waals surface area contributed by atoms with Gasteiger partial charge in [0.25, 0.3) is 0 Å². The quantitative estimate of drug-likeness (QED) is 0.590. The minimum Gasteiger partial charge on any atom is -0.349 e. The van der Waals surface area contributed by atoms with E-state index in [1.165, 1.54) is 16.4 Å². The van der Waals surface area contributed by atoms with Crippen LogP contribution in [0.1, 0.15) is 45.1 Å². The maximum atomic E-state index is 12.2. The molecule has 136 valence electrons. The molecule has 25 heavy (non-hydrogen) atoms. The number of hydrogen-bond donors (Lipinski definition) is 2. The molecule has 0 bridgehead atoms. The molecule has 6 nitrogen and oxygen atoms in total. The fourth-order valence-electron chi connectivity index (χ4n) is 2.23. The molecular weight excluding hydrogens is 381 g/mol. The number of aromatic nitrogens is 3. The second kappa shape index (κ2) is 7.85. The Kier molecular flexibility index (Phi) is 6.24. The number of hydrogen-bond acceptors (Lipinski definition) is 5. The average Bonchev–Trinajstić information content (AvgIpc) is 2.86. The predicted molar refractivity (Wildman–Crippen MR) is 103 cm³/mol. The highest BCUT2D eigenvalue weighted by Crippen LogP contribution is 2.26. The standard InChI is InChI=1S/C16H21Cl2N5OS/c1-9(11-6-5-10(17)7-12(11)18)20-13(24)8-25-15-22-21-14(23(15)19)16(2,3)4/h5-7,9H,8,19H2,1-4H3,(H,20,24)/t9-/m1/s1. The van der Waals surface area contributed by atoms with Crippen molar-refractivity contribution in [2.75, 3.05) is 11.6 Å². The number of halogens is 2. The largest absolute Gasteiger partial charge is 0.349 e. The number of rotatable bonds is 5. The highest BCUT2D eigenvalue weighted by Gasteiger charge is 2.23. The summed E-state index contributed by atoms with van der Waals surface area (Å²) in [6.45, 7) is 7.86. The number of nitrogens with one attached hydrogen (secondary N) is 1. The van der Waals surface area contributed by atoms with E-state index in [-0.39, 0.29) is 23.1 Å². The van der Waals surface area contributed by atoms with Crippen LogP contribution >= 0.6 is 35.0 Å². The Balaban J connectivity index is 1.96. The Morgan fingerprint density at radius 2 is 2.04 bits per heavy atom. The molecule has 0 unspecified atom stereocenters. The number of carbonyl (C=O) groups excluding carboxylic acids is 1. The summed E-state index contributed by atoms with van der Waals surface area (Å²) in [6, 6.07) is 4.96. The average molecular weight is 402 g/mol. The van der Waals surface area contributed by atoms with Gasteiger partial charge in [-0.25, -0.2) is 4.68 Å². The zero-order valence-corrected chi connectivity index (χ0v) is 16.8. The van der Waals surface area contributed by atoms with E-state index >= 15 is 0 Å². The first-order valence-electron chi connectivity index (χ1n) is 7.67. The minimum atomic E-state index is -0.237. The van der Waals surface area contributed by atoms with E-state index in [0.29, 0.717) is 21.0 Å². The maximum absolute atomic E-state index is 12.2. The Labute approximate surface area is 161 Å². The fraction of sp³-hybridized carbons (Fsp3) is 0.438. The third-order valence-corrected chi connectivity index (χ3v) is 4.98. The van der Waals surface area contributed by atoms with E-state index in [2.05, 4.69) is 15.5 Å². The molecule has 2 rings (SSSR count). The Bertz CT molecular complexity index is 772. The van der Waals surface area contributed by atoms with E-state index in [9.17, 15) is 4.79 Å². The number of benzene rings is 1. The van der Waals surface area contributed by atoms with Crippen LogP contribution in [-0.4, -0.2) is 26.5 Å². The molecule has 3 N–H and O–H groups in total. The van der Waals surface area contributed by atoms with Crippen LogP contribution in [0.4, 0.5) is 0 Å². The molecule has 1 heterocycles. The number of nitrogens with zero attached hydrogens (tertiary/aromatic N) is 3. The molecule has 0 saturated heterocycles. The molecule has 2 aromatic rings. The van der Waals surface area contributed by atoms with E-state index in [4.69, 9.17) is 29.0 Å². The van der Waals surface area contributed by atoms with E-state index < -0.39 is 0 Å². The second-order valence-corrected chi connectivity index (χ2v) is 8.46. The lowest BCUT2D eigenvalue weighted by Crippen LogP contribution is -2.29. The van der Waals surface area contributed by atoms with Crippen LogP contribution in [0.3, 0.4) is 0 Å². The number of amides is 1. The molecule has 0 aliphatic heterocycles. The normalized spacial score (nSPS) is 12.9. The molecule has 1 aromatic heterocycles. The number of thioether (sulfide) groups is 1. The van der Waals surface area contributed by atoms with Crippen molar-refractivity contribution in [3.63, 3.8) is 0 Å². The van der Waals surface area contributed by atoms with Crippen LogP contribution in [0.2, 0.25) is 10.0 Å². The third kappa shape index (κ3) is 5.03. The zero-order chi connectivity index (χ0) is 18.8. The molecule has 1 aromatic carbocycles. The first kappa shape index (κ1) is 19.9. The van der Waals surface area contributed by atoms with Crippen LogP contribution in [0.15, 0.2) is 23.4 Å². The van der Waals surface area contributed by atoms with Gasteiger partial charge in [-0.2, -0.15) is 0 Å². The van der Waals surface area contributed by atoms with Crippen LogP contribution < -0.4 is 11.2 Å². The summed E-state index contributed by atoms with van der Waals surface area (Å²) in [7, 11) is 0. The van der Waals surface area contributed by atoms with E-state index in [1.54, 1.807) is 18.2 Å². The number of carbonyl (C=O) groups is 1. The highest BCUT2D eigenvalue weighted by molar-refractivity contribution is 7.99. The van der Waals surface area contributed by atoms with Crippen LogP contribution in [0.25, 0.3) is 0 Å². The molecule has 1 atom stereocenters. The Morgan fingerprint density at radius 3 is 2.60 bits per heavy atom. The van der Waals surface area contributed by atoms with Crippen LogP contribution in [-0.2, 0) is 10.2 Å². The maximum Gasteiger partial charge on any atom is 0.230 e. The minimum absolute atomic E-state index is 0.149. The van der Waals surface area contributed by atoms with Gasteiger partial charge in [-0.3, -0.25) is 4.79 Å². The first-order chi connectivity index (χ1) is 11.6. The van der Waals surface area contributed by atoms with Gasteiger partial charge in [0.2, 0.25) is 11.1 Å². The summed E-state index contributed by atoms with van der Waals surface area (Å²) in [5.74, 6) is 6.70. The molecular formula is C16H21Cl2N5OS. The van der Waals surface area contributed by atoms with Crippen molar-refractivity contribution in [2.45, 2.75) is 44.3 Å². The van der Waals surface area contributed by atoms with Crippen molar-refractivity contribution < 1.29 is 4.79 Å². The SMILES string of the molecule is C[C@@H](NC(=O)CSc1nnc(C(C)(C)C)n1N)c1ccc(Cl)cc1Cl. The van der Waals surface area contributed by atoms with Crippen molar-refractivity contribution >= 4 is 40.9 Å². The van der Waals surface area contributed by atoms with Gasteiger partial charge < -0.3 is 11.2 Å². The Morgan fingerprint density at radius 1 is 1.36 bits per heavy atom. The first-order valence-corrected chi connectivity index (χ1v) is 9.42. The van der Waals surface area contributed by atoms with Gasteiger partial charge in [0, 0.05) is 15.5 Å². The topological polar surface area (TPSA) is 85.8 Å². The van der Waals surface area contributed by atoms with Gasteiger partial charge in [-0.05, 0) is 24.6 Å². The van der Waals surface area contributed by atoms with Gasteiger partial charge in [0.15, 0.2) is 5.82 Å². The van der Waals surface area contributed by atoms with E-state index in [1.807, 2.05) is 27.7 Å². The lowest BCUT2D eigenvalue weighted by atomic mass is 9.96. The molecule has 0 fully saturated rings.